The number of hydrogen-bond acceptors (Lipinski definition) is 4. The number of aromatic nitrogens is 3. The average molecular weight is 415 g/mol. The van der Waals surface area contributed by atoms with E-state index >= 15 is 0 Å². The molecule has 0 fully saturated rings. The minimum atomic E-state index is -2.58. The second-order valence-electron chi connectivity index (χ2n) is 6.74. The number of carbonyl (C=O) groups excluding carboxylic acids is 1. The van der Waals surface area contributed by atoms with Gasteiger partial charge in [0.1, 0.15) is 12.4 Å². The number of amides is 1. The van der Waals surface area contributed by atoms with Gasteiger partial charge in [-0.2, -0.15) is 5.10 Å². The van der Waals surface area contributed by atoms with Crippen LogP contribution in [0.5, 0.6) is 0 Å². The molecule has 3 aromatic rings. The van der Waals surface area contributed by atoms with Crippen molar-refractivity contribution in [3.8, 4) is 11.1 Å². The summed E-state index contributed by atoms with van der Waals surface area (Å²) in [5, 5.41) is 6.53. The Morgan fingerprint density at radius 2 is 2.03 bits per heavy atom. The number of anilines is 1. The molecule has 2 heterocycles. The summed E-state index contributed by atoms with van der Waals surface area (Å²) < 4.78 is 40.6. The van der Waals surface area contributed by atoms with Crippen molar-refractivity contribution in [2.75, 3.05) is 5.32 Å². The number of alkyl halides is 2. The van der Waals surface area contributed by atoms with Crippen LogP contribution in [0.2, 0.25) is 0 Å². The van der Waals surface area contributed by atoms with Gasteiger partial charge in [-0.1, -0.05) is 6.07 Å². The van der Waals surface area contributed by atoms with E-state index < -0.39 is 24.7 Å². The summed E-state index contributed by atoms with van der Waals surface area (Å²) in [6, 6.07) is 6.17. The quantitative estimate of drug-likeness (QED) is 0.598. The number of nitrogens with zero attached hydrogens (tertiary/aromatic N) is 3. The molecule has 0 spiro atoms. The van der Waals surface area contributed by atoms with Gasteiger partial charge in [0, 0.05) is 35.4 Å². The lowest BCUT2D eigenvalue weighted by atomic mass is 10.0. The number of carbonyl (C=O) groups is 1. The first-order valence-electron chi connectivity index (χ1n) is 9.06. The smallest absolute Gasteiger partial charge is 0.259 e. The van der Waals surface area contributed by atoms with Crippen molar-refractivity contribution in [1.29, 1.82) is 0 Å². The molecule has 30 heavy (non-hydrogen) atoms. The number of aryl methyl sites for hydroxylation is 2. The molecule has 0 atom stereocenters. The van der Waals surface area contributed by atoms with Crippen LogP contribution in [0.1, 0.15) is 16.8 Å². The van der Waals surface area contributed by atoms with Gasteiger partial charge < -0.3 is 11.1 Å². The number of halogens is 3. The van der Waals surface area contributed by atoms with E-state index in [1.165, 1.54) is 24.5 Å². The molecule has 0 radical (unpaired) electrons. The fourth-order valence-corrected chi connectivity index (χ4v) is 2.87. The number of nitrogens with two attached hydrogens (primary N) is 1. The normalized spacial score (nSPS) is 11.7. The van der Waals surface area contributed by atoms with Gasteiger partial charge in [-0.05, 0) is 43.2 Å². The molecule has 3 N–H and O–H groups in total. The van der Waals surface area contributed by atoms with E-state index in [0.717, 1.165) is 16.4 Å². The summed E-state index contributed by atoms with van der Waals surface area (Å²) in [5.41, 5.74) is 8.40. The highest BCUT2D eigenvalue weighted by Gasteiger charge is 2.17. The monoisotopic (exact) mass is 415 g/mol. The molecule has 9 heteroatoms. The third-order valence-electron chi connectivity index (χ3n) is 4.43. The number of hydrogen-bond donors (Lipinski definition) is 2. The molecule has 0 aliphatic rings. The number of rotatable bonds is 6. The van der Waals surface area contributed by atoms with Crippen molar-refractivity contribution in [3.63, 3.8) is 0 Å². The molecule has 0 unspecified atom stereocenters. The Morgan fingerprint density at radius 3 is 2.67 bits per heavy atom. The summed E-state index contributed by atoms with van der Waals surface area (Å²) in [5.74, 6) is -1.07. The van der Waals surface area contributed by atoms with Crippen molar-refractivity contribution < 1.29 is 18.0 Å². The largest absolute Gasteiger partial charge is 0.404 e. The average Bonchev–Trinajstić information content (AvgIpc) is 3.13. The molecule has 6 nitrogen and oxygen atoms in total. The topological polar surface area (TPSA) is 85.8 Å². The summed E-state index contributed by atoms with van der Waals surface area (Å²) in [6.45, 7) is 2.92. The Kier molecular flexibility index (Phi) is 6.20. The second kappa shape index (κ2) is 8.81. The zero-order valence-electron chi connectivity index (χ0n) is 16.4. The van der Waals surface area contributed by atoms with Gasteiger partial charge in [0.05, 0.1) is 17.5 Å². The molecule has 3 rings (SSSR count). The lowest BCUT2D eigenvalue weighted by Crippen LogP contribution is -2.16. The molecule has 2 aromatic heterocycles. The molecule has 0 saturated heterocycles. The lowest BCUT2D eigenvalue weighted by molar-refractivity contribution is -0.111. The Balaban J connectivity index is 1.89. The Labute approximate surface area is 171 Å². The Bertz CT molecular complexity index is 1090. The fourth-order valence-electron chi connectivity index (χ4n) is 2.87. The number of benzene rings is 1. The van der Waals surface area contributed by atoms with E-state index in [1.807, 2.05) is 6.92 Å². The van der Waals surface area contributed by atoms with Gasteiger partial charge in [0.25, 0.3) is 12.3 Å². The minimum absolute atomic E-state index is 0.128. The molecule has 0 saturated carbocycles. The van der Waals surface area contributed by atoms with Crippen LogP contribution in [-0.4, -0.2) is 27.1 Å². The highest BCUT2D eigenvalue weighted by Crippen LogP contribution is 2.29. The first kappa shape index (κ1) is 21.1. The maximum absolute atomic E-state index is 14.5. The fraction of sp³-hybridized carbons (Fsp3) is 0.190. The standard InChI is InChI=1S/C21H20F3N5O/c1-12-3-4-18(26-8-12)16(7-25)21(30)28-19-6-15(17(22)5-13(19)2)14-9-27-29(10-14)11-20(23)24/h3-10,20H,11,25H2,1-2H3,(H,28,30)/b16-7+. The van der Waals surface area contributed by atoms with Crippen LogP contribution in [0.15, 0.2) is 49.1 Å². The van der Waals surface area contributed by atoms with Crippen molar-refractivity contribution in [2.24, 2.45) is 5.73 Å². The van der Waals surface area contributed by atoms with Gasteiger partial charge in [-0.25, -0.2) is 13.2 Å². The van der Waals surface area contributed by atoms with Crippen molar-refractivity contribution in [3.05, 3.63) is 71.7 Å². The Hall–Kier alpha value is -3.62. The molecule has 1 amide bonds. The summed E-state index contributed by atoms with van der Waals surface area (Å²) in [6.07, 6.45) is 2.81. The van der Waals surface area contributed by atoms with Crippen LogP contribution >= 0.6 is 0 Å². The Morgan fingerprint density at radius 1 is 1.27 bits per heavy atom. The zero-order chi connectivity index (χ0) is 21.8. The predicted octanol–water partition coefficient (Wildman–Crippen LogP) is 3.90. The predicted molar refractivity (Wildman–Crippen MR) is 108 cm³/mol. The van der Waals surface area contributed by atoms with Crippen LogP contribution in [0.25, 0.3) is 16.7 Å². The van der Waals surface area contributed by atoms with Gasteiger partial charge in [-0.15, -0.1) is 0 Å². The van der Waals surface area contributed by atoms with E-state index in [2.05, 4.69) is 15.4 Å². The molecule has 0 aliphatic heterocycles. The molecule has 0 aliphatic carbocycles. The first-order chi connectivity index (χ1) is 14.3. The van der Waals surface area contributed by atoms with Crippen molar-refractivity contribution in [2.45, 2.75) is 26.8 Å². The van der Waals surface area contributed by atoms with Gasteiger partial charge in [-0.3, -0.25) is 14.5 Å². The maximum atomic E-state index is 14.5. The second-order valence-corrected chi connectivity index (χ2v) is 6.74. The molecule has 1 aromatic carbocycles. The molecular weight excluding hydrogens is 395 g/mol. The minimum Gasteiger partial charge on any atom is -0.404 e. The summed E-state index contributed by atoms with van der Waals surface area (Å²) in [7, 11) is 0. The third-order valence-corrected chi connectivity index (χ3v) is 4.43. The van der Waals surface area contributed by atoms with E-state index in [4.69, 9.17) is 5.73 Å². The number of pyridine rings is 1. The van der Waals surface area contributed by atoms with Crippen molar-refractivity contribution >= 4 is 17.2 Å². The van der Waals surface area contributed by atoms with Crippen LogP contribution in [0, 0.1) is 19.7 Å². The summed E-state index contributed by atoms with van der Waals surface area (Å²) in [4.78, 5) is 16.9. The van der Waals surface area contributed by atoms with Crippen molar-refractivity contribution in [1.82, 2.24) is 14.8 Å². The summed E-state index contributed by atoms with van der Waals surface area (Å²) >= 11 is 0. The van der Waals surface area contributed by atoms with E-state index in [0.29, 0.717) is 22.5 Å². The first-order valence-corrected chi connectivity index (χ1v) is 9.06. The van der Waals surface area contributed by atoms with Gasteiger partial charge in [0.15, 0.2) is 0 Å². The van der Waals surface area contributed by atoms with Gasteiger partial charge in [0.2, 0.25) is 0 Å². The molecule has 0 bridgehead atoms. The highest BCUT2D eigenvalue weighted by molar-refractivity contribution is 6.24. The lowest BCUT2D eigenvalue weighted by Gasteiger charge is -2.13. The van der Waals surface area contributed by atoms with Gasteiger partial charge >= 0.3 is 0 Å². The van der Waals surface area contributed by atoms with E-state index in [1.54, 1.807) is 25.3 Å². The number of nitrogens with one attached hydrogen (secondary N) is 1. The SMILES string of the molecule is Cc1ccc(/C(=C\N)C(=O)Nc2cc(-c3cnn(CC(F)F)c3)c(F)cc2C)nc1. The zero-order valence-corrected chi connectivity index (χ0v) is 16.4. The van der Waals surface area contributed by atoms with Crippen LogP contribution in [-0.2, 0) is 11.3 Å². The van der Waals surface area contributed by atoms with E-state index in [-0.39, 0.29) is 11.1 Å². The third kappa shape index (κ3) is 4.68. The highest BCUT2D eigenvalue weighted by atomic mass is 19.3. The van der Waals surface area contributed by atoms with Crippen LogP contribution in [0.4, 0.5) is 18.9 Å². The molecular formula is C21H20F3N5O. The van der Waals surface area contributed by atoms with E-state index in [9.17, 15) is 18.0 Å². The maximum Gasteiger partial charge on any atom is 0.259 e. The molecule has 156 valence electrons. The van der Waals surface area contributed by atoms with Crippen LogP contribution < -0.4 is 11.1 Å². The van der Waals surface area contributed by atoms with Crippen LogP contribution in [0.3, 0.4) is 0 Å².